The van der Waals surface area contributed by atoms with Gasteiger partial charge in [-0.2, -0.15) is 0 Å². The summed E-state index contributed by atoms with van der Waals surface area (Å²) in [5.74, 6) is -1.24. The molecule has 38 heavy (non-hydrogen) atoms. The molecule has 0 spiro atoms. The molecule has 3 saturated heterocycles. The zero-order valence-corrected chi connectivity index (χ0v) is 22.3. The van der Waals surface area contributed by atoms with Gasteiger partial charge in [-0.25, -0.2) is 4.79 Å². The molecule has 0 amide bonds. The van der Waals surface area contributed by atoms with Gasteiger partial charge in [-0.05, 0) is 69.5 Å². The van der Waals surface area contributed by atoms with E-state index in [0.717, 1.165) is 55.2 Å². The van der Waals surface area contributed by atoms with Gasteiger partial charge in [0.25, 0.3) is 0 Å². The number of anilines is 3. The fraction of sp³-hybridized carbons (Fsp3) is 0.552. The maximum absolute atomic E-state index is 12.4. The van der Waals surface area contributed by atoms with Crippen LogP contribution in [0.1, 0.15) is 49.0 Å². The van der Waals surface area contributed by atoms with Crippen LogP contribution in [-0.2, 0) is 34.2 Å². The van der Waals surface area contributed by atoms with Crippen molar-refractivity contribution in [3.63, 3.8) is 0 Å². The van der Waals surface area contributed by atoms with Crippen molar-refractivity contribution >= 4 is 23.0 Å². The average molecular weight is 527 g/mol. The van der Waals surface area contributed by atoms with Crippen LogP contribution >= 0.6 is 0 Å². The SMILES string of the molecule is CCOC(=O)c1ccc(C2(C)OCCO2)c(Nc2ccc(N3CC(OCCOC4CCCCO4)C3)cc2)c1. The molecule has 9 heteroatoms. The molecule has 9 nitrogen and oxygen atoms in total. The lowest BCUT2D eigenvalue weighted by Crippen LogP contribution is -2.52. The predicted octanol–water partition coefficient (Wildman–Crippen LogP) is 4.57. The number of carbonyl (C=O) groups is 1. The predicted molar refractivity (Wildman–Crippen MR) is 143 cm³/mol. The van der Waals surface area contributed by atoms with Crippen molar-refractivity contribution in [2.45, 2.75) is 51.3 Å². The highest BCUT2D eigenvalue weighted by atomic mass is 16.7. The summed E-state index contributed by atoms with van der Waals surface area (Å²) in [6, 6.07) is 13.6. The average Bonchev–Trinajstić information content (AvgIpc) is 3.36. The quantitative estimate of drug-likeness (QED) is 0.334. The van der Waals surface area contributed by atoms with E-state index in [4.69, 9.17) is 28.4 Å². The van der Waals surface area contributed by atoms with Crippen molar-refractivity contribution in [3.8, 4) is 0 Å². The molecule has 0 saturated carbocycles. The van der Waals surface area contributed by atoms with Gasteiger partial charge in [0.1, 0.15) is 0 Å². The van der Waals surface area contributed by atoms with Gasteiger partial charge in [0.2, 0.25) is 0 Å². The van der Waals surface area contributed by atoms with E-state index in [1.807, 2.05) is 25.1 Å². The molecule has 0 radical (unpaired) electrons. The molecular weight excluding hydrogens is 488 g/mol. The second-order valence-electron chi connectivity index (χ2n) is 9.86. The van der Waals surface area contributed by atoms with Gasteiger partial charge in [0.05, 0.1) is 44.7 Å². The topological polar surface area (TPSA) is 87.7 Å². The molecule has 2 aromatic carbocycles. The normalized spacial score (nSPS) is 21.2. The van der Waals surface area contributed by atoms with E-state index in [1.165, 1.54) is 6.42 Å². The van der Waals surface area contributed by atoms with Crippen LogP contribution in [0.5, 0.6) is 0 Å². The minimum Gasteiger partial charge on any atom is -0.462 e. The van der Waals surface area contributed by atoms with Crippen molar-refractivity contribution in [1.29, 1.82) is 0 Å². The van der Waals surface area contributed by atoms with Gasteiger partial charge in [-0.3, -0.25) is 0 Å². The molecule has 3 fully saturated rings. The maximum Gasteiger partial charge on any atom is 0.338 e. The summed E-state index contributed by atoms with van der Waals surface area (Å²) in [7, 11) is 0. The van der Waals surface area contributed by atoms with Crippen LogP contribution in [0.2, 0.25) is 0 Å². The first-order valence-corrected chi connectivity index (χ1v) is 13.6. The van der Waals surface area contributed by atoms with Gasteiger partial charge < -0.3 is 38.6 Å². The standard InChI is InChI=1S/C29H38N2O7/c1-3-33-28(32)21-7-12-25(29(2)37-16-17-38-29)26(18-21)30-22-8-10-23(11-9-22)31-19-24(20-31)34-14-15-36-27-6-4-5-13-35-27/h7-12,18,24,27,30H,3-6,13-17,19-20H2,1-2H3. The van der Waals surface area contributed by atoms with E-state index >= 15 is 0 Å². The number of benzene rings is 2. The molecule has 206 valence electrons. The van der Waals surface area contributed by atoms with E-state index in [-0.39, 0.29) is 18.4 Å². The Morgan fingerprint density at radius 3 is 2.50 bits per heavy atom. The number of nitrogens with one attached hydrogen (secondary N) is 1. The largest absolute Gasteiger partial charge is 0.462 e. The van der Waals surface area contributed by atoms with Crippen LogP contribution in [0.25, 0.3) is 0 Å². The zero-order valence-electron chi connectivity index (χ0n) is 22.3. The number of ether oxygens (including phenoxy) is 6. The Labute approximate surface area is 224 Å². The van der Waals surface area contributed by atoms with E-state index in [0.29, 0.717) is 38.6 Å². The minimum absolute atomic E-state index is 0.0674. The summed E-state index contributed by atoms with van der Waals surface area (Å²) in [5, 5.41) is 3.45. The van der Waals surface area contributed by atoms with E-state index in [9.17, 15) is 4.79 Å². The van der Waals surface area contributed by atoms with Crippen molar-refractivity contribution in [2.24, 2.45) is 0 Å². The number of carbonyl (C=O) groups excluding carboxylic acids is 1. The first kappa shape index (κ1) is 26.9. The molecule has 0 aliphatic carbocycles. The highest BCUT2D eigenvalue weighted by Gasteiger charge is 2.36. The fourth-order valence-corrected chi connectivity index (χ4v) is 4.96. The second-order valence-corrected chi connectivity index (χ2v) is 9.86. The zero-order chi connectivity index (χ0) is 26.4. The van der Waals surface area contributed by atoms with Crippen LogP contribution in [0.3, 0.4) is 0 Å². The Bertz CT molecular complexity index is 1060. The summed E-state index contributed by atoms with van der Waals surface area (Å²) in [6.07, 6.45) is 3.41. The number of esters is 1. The highest BCUT2D eigenvalue weighted by molar-refractivity contribution is 5.91. The van der Waals surface area contributed by atoms with Crippen LogP contribution in [0.4, 0.5) is 17.1 Å². The molecular formula is C29H38N2O7. The number of rotatable bonds is 11. The number of nitrogens with zero attached hydrogens (tertiary/aromatic N) is 1. The van der Waals surface area contributed by atoms with Crippen molar-refractivity contribution in [2.75, 3.05) is 62.9 Å². The van der Waals surface area contributed by atoms with Crippen molar-refractivity contribution in [3.05, 3.63) is 53.6 Å². The summed E-state index contributed by atoms with van der Waals surface area (Å²) >= 11 is 0. The monoisotopic (exact) mass is 526 g/mol. The molecule has 3 aliphatic heterocycles. The highest BCUT2D eigenvalue weighted by Crippen LogP contribution is 2.38. The fourth-order valence-electron chi connectivity index (χ4n) is 4.96. The van der Waals surface area contributed by atoms with Crippen molar-refractivity contribution in [1.82, 2.24) is 0 Å². The lowest BCUT2D eigenvalue weighted by molar-refractivity contribution is -0.171. The Balaban J connectivity index is 1.15. The lowest BCUT2D eigenvalue weighted by Gasteiger charge is -2.40. The van der Waals surface area contributed by atoms with Gasteiger partial charge in [0, 0.05) is 42.3 Å². The Hall–Kier alpha value is -2.69. The minimum atomic E-state index is -0.878. The van der Waals surface area contributed by atoms with E-state index < -0.39 is 5.79 Å². The van der Waals surface area contributed by atoms with E-state index in [1.54, 1.807) is 19.1 Å². The lowest BCUT2D eigenvalue weighted by atomic mass is 10.0. The first-order chi connectivity index (χ1) is 18.5. The third-order valence-electron chi connectivity index (χ3n) is 7.10. The molecule has 1 N–H and O–H groups in total. The molecule has 0 bridgehead atoms. The Kier molecular flexibility index (Phi) is 8.81. The first-order valence-electron chi connectivity index (χ1n) is 13.6. The molecule has 0 aromatic heterocycles. The summed E-state index contributed by atoms with van der Waals surface area (Å²) in [4.78, 5) is 14.6. The molecule has 3 heterocycles. The summed E-state index contributed by atoms with van der Waals surface area (Å²) in [5.41, 5.74) is 4.07. The Morgan fingerprint density at radius 2 is 1.79 bits per heavy atom. The van der Waals surface area contributed by atoms with Gasteiger partial charge in [-0.1, -0.05) is 6.07 Å². The summed E-state index contributed by atoms with van der Waals surface area (Å²) < 4.78 is 34.3. The van der Waals surface area contributed by atoms with Gasteiger partial charge in [-0.15, -0.1) is 0 Å². The number of hydrogen-bond acceptors (Lipinski definition) is 9. The van der Waals surface area contributed by atoms with Crippen LogP contribution in [0, 0.1) is 0 Å². The van der Waals surface area contributed by atoms with Crippen LogP contribution in [-0.4, -0.2) is 71.1 Å². The molecule has 1 unspecified atom stereocenters. The third kappa shape index (κ3) is 6.47. The summed E-state index contributed by atoms with van der Waals surface area (Å²) in [6.45, 7) is 8.70. The van der Waals surface area contributed by atoms with Crippen LogP contribution < -0.4 is 10.2 Å². The van der Waals surface area contributed by atoms with E-state index in [2.05, 4.69) is 22.3 Å². The third-order valence-corrected chi connectivity index (χ3v) is 7.10. The maximum atomic E-state index is 12.4. The van der Waals surface area contributed by atoms with Crippen molar-refractivity contribution < 1.29 is 33.2 Å². The number of hydrogen-bond donors (Lipinski definition) is 1. The molecule has 3 aliphatic rings. The smallest absolute Gasteiger partial charge is 0.338 e. The molecule has 2 aromatic rings. The molecule has 5 rings (SSSR count). The second kappa shape index (κ2) is 12.4. The molecule has 1 atom stereocenters. The van der Waals surface area contributed by atoms with Gasteiger partial charge in [0.15, 0.2) is 12.1 Å². The van der Waals surface area contributed by atoms with Gasteiger partial charge >= 0.3 is 5.97 Å². The Morgan fingerprint density at radius 1 is 1.03 bits per heavy atom. The van der Waals surface area contributed by atoms with Crippen LogP contribution in [0.15, 0.2) is 42.5 Å².